The summed E-state index contributed by atoms with van der Waals surface area (Å²) in [5.74, 6) is 0.0434. The molecule has 1 aromatic rings. The number of amides is 1. The van der Waals surface area contributed by atoms with Crippen LogP contribution in [0.5, 0.6) is 0 Å². The molecule has 3 rings (SSSR count). The zero-order valence-electron chi connectivity index (χ0n) is 14.5. The van der Waals surface area contributed by atoms with Crippen molar-refractivity contribution in [1.29, 1.82) is 0 Å². The Morgan fingerprint density at radius 2 is 1.67 bits per heavy atom. The van der Waals surface area contributed by atoms with Gasteiger partial charge in [-0.3, -0.25) is 4.79 Å². The fourth-order valence-corrected chi connectivity index (χ4v) is 4.23. The monoisotopic (exact) mass is 393 g/mol. The van der Waals surface area contributed by atoms with Gasteiger partial charge in [0.15, 0.2) is 0 Å². The largest absolute Gasteiger partial charge is 0.341 e. The van der Waals surface area contributed by atoms with Crippen molar-refractivity contribution in [3.63, 3.8) is 0 Å². The molecule has 2 aliphatic heterocycles. The van der Waals surface area contributed by atoms with Crippen LogP contribution in [0.2, 0.25) is 0 Å². The van der Waals surface area contributed by atoms with Crippen molar-refractivity contribution >= 4 is 21.8 Å². The van der Waals surface area contributed by atoms with Gasteiger partial charge in [-0.25, -0.2) is 0 Å². The van der Waals surface area contributed by atoms with Gasteiger partial charge in [0.1, 0.15) is 5.54 Å². The second kappa shape index (κ2) is 7.54. The maximum Gasteiger partial charge on any atom is 0.246 e. The second-order valence-electron chi connectivity index (χ2n) is 7.33. The number of nitrogens with zero attached hydrogens (tertiary/aromatic N) is 2. The highest BCUT2D eigenvalue weighted by Gasteiger charge is 2.37. The van der Waals surface area contributed by atoms with Gasteiger partial charge in [-0.1, -0.05) is 34.5 Å². The SMILES string of the molecule is CC(N)(C(=O)N1CCC(N2CCCCC2)CC1)c1ccc(Br)cc1. The minimum absolute atomic E-state index is 0.0434. The Kier molecular flexibility index (Phi) is 5.63. The molecule has 0 spiro atoms. The van der Waals surface area contributed by atoms with Crippen LogP contribution in [-0.2, 0) is 10.3 Å². The van der Waals surface area contributed by atoms with Crippen molar-refractivity contribution in [1.82, 2.24) is 9.80 Å². The van der Waals surface area contributed by atoms with Crippen molar-refractivity contribution in [2.75, 3.05) is 26.2 Å². The van der Waals surface area contributed by atoms with E-state index in [1.165, 1.54) is 32.4 Å². The number of hydrogen-bond acceptors (Lipinski definition) is 3. The molecular formula is C19H28BrN3O. The Morgan fingerprint density at radius 3 is 2.25 bits per heavy atom. The fraction of sp³-hybridized carbons (Fsp3) is 0.632. The van der Waals surface area contributed by atoms with E-state index in [1.807, 2.05) is 36.1 Å². The lowest BCUT2D eigenvalue weighted by molar-refractivity contribution is -0.138. The summed E-state index contributed by atoms with van der Waals surface area (Å²) >= 11 is 3.43. The molecule has 2 saturated heterocycles. The van der Waals surface area contributed by atoms with Crippen molar-refractivity contribution in [2.24, 2.45) is 5.73 Å². The van der Waals surface area contributed by atoms with Crippen LogP contribution in [-0.4, -0.2) is 47.9 Å². The Labute approximate surface area is 153 Å². The molecule has 0 bridgehead atoms. The van der Waals surface area contributed by atoms with Gasteiger partial charge in [0.05, 0.1) is 0 Å². The summed E-state index contributed by atoms with van der Waals surface area (Å²) in [5, 5.41) is 0. The van der Waals surface area contributed by atoms with Crippen molar-refractivity contribution < 1.29 is 4.79 Å². The molecule has 1 aromatic carbocycles. The quantitative estimate of drug-likeness (QED) is 0.857. The van der Waals surface area contributed by atoms with Gasteiger partial charge in [-0.05, 0) is 63.4 Å². The average Bonchev–Trinajstić information content (AvgIpc) is 2.62. The van der Waals surface area contributed by atoms with Crippen LogP contribution < -0.4 is 5.73 Å². The predicted octanol–water partition coefficient (Wildman–Crippen LogP) is 3.10. The lowest BCUT2D eigenvalue weighted by atomic mass is 9.90. The number of benzene rings is 1. The lowest BCUT2D eigenvalue weighted by Crippen LogP contribution is -2.55. The number of piperidine rings is 2. The van der Waals surface area contributed by atoms with Gasteiger partial charge >= 0.3 is 0 Å². The molecule has 0 aromatic heterocycles. The van der Waals surface area contributed by atoms with Crippen LogP contribution in [0.15, 0.2) is 28.7 Å². The molecule has 2 heterocycles. The first-order valence-corrected chi connectivity index (χ1v) is 9.86. The zero-order valence-corrected chi connectivity index (χ0v) is 16.1. The first-order chi connectivity index (χ1) is 11.5. The maximum atomic E-state index is 13.0. The minimum atomic E-state index is -0.960. The van der Waals surface area contributed by atoms with E-state index in [1.54, 1.807) is 0 Å². The summed E-state index contributed by atoms with van der Waals surface area (Å²) in [7, 11) is 0. The summed E-state index contributed by atoms with van der Waals surface area (Å²) in [6.07, 6.45) is 6.16. The summed E-state index contributed by atoms with van der Waals surface area (Å²) in [6, 6.07) is 8.39. The Hall–Kier alpha value is -0.910. The van der Waals surface area contributed by atoms with Gasteiger partial charge in [-0.2, -0.15) is 0 Å². The summed E-state index contributed by atoms with van der Waals surface area (Å²) in [4.78, 5) is 17.6. The Morgan fingerprint density at radius 1 is 1.08 bits per heavy atom. The highest BCUT2D eigenvalue weighted by molar-refractivity contribution is 9.10. The van der Waals surface area contributed by atoms with E-state index >= 15 is 0 Å². The minimum Gasteiger partial charge on any atom is -0.341 e. The van der Waals surface area contributed by atoms with Gasteiger partial charge in [0.25, 0.3) is 0 Å². The van der Waals surface area contributed by atoms with Crippen LogP contribution in [0, 0.1) is 0 Å². The molecule has 2 N–H and O–H groups in total. The molecule has 1 atom stereocenters. The number of halogens is 1. The van der Waals surface area contributed by atoms with E-state index in [-0.39, 0.29) is 5.91 Å². The van der Waals surface area contributed by atoms with E-state index in [0.29, 0.717) is 6.04 Å². The van der Waals surface area contributed by atoms with Gasteiger partial charge in [0.2, 0.25) is 5.91 Å². The lowest BCUT2D eigenvalue weighted by Gasteiger charge is -2.42. The Balaban J connectivity index is 1.60. The first-order valence-electron chi connectivity index (χ1n) is 9.07. The molecular weight excluding hydrogens is 366 g/mol. The number of carbonyl (C=O) groups excluding carboxylic acids is 1. The number of nitrogens with two attached hydrogens (primary N) is 1. The van der Waals surface area contributed by atoms with Crippen LogP contribution in [0.25, 0.3) is 0 Å². The predicted molar refractivity (Wildman–Crippen MR) is 101 cm³/mol. The molecule has 2 aliphatic rings. The smallest absolute Gasteiger partial charge is 0.246 e. The van der Waals surface area contributed by atoms with Gasteiger partial charge in [0, 0.05) is 23.6 Å². The normalized spacial score (nSPS) is 23.0. The molecule has 1 unspecified atom stereocenters. The van der Waals surface area contributed by atoms with E-state index in [9.17, 15) is 4.79 Å². The van der Waals surface area contributed by atoms with Crippen LogP contribution in [0.3, 0.4) is 0 Å². The van der Waals surface area contributed by atoms with Crippen molar-refractivity contribution in [3.05, 3.63) is 34.3 Å². The van der Waals surface area contributed by atoms with Gasteiger partial charge in [-0.15, -0.1) is 0 Å². The molecule has 1 amide bonds. The average molecular weight is 394 g/mol. The van der Waals surface area contributed by atoms with Crippen molar-refractivity contribution in [2.45, 2.75) is 50.6 Å². The summed E-state index contributed by atoms with van der Waals surface area (Å²) in [5.41, 5.74) is 6.33. The Bertz CT molecular complexity index is 558. The van der Waals surface area contributed by atoms with E-state index < -0.39 is 5.54 Å². The van der Waals surface area contributed by atoms with Crippen molar-refractivity contribution in [3.8, 4) is 0 Å². The topological polar surface area (TPSA) is 49.6 Å². The number of carbonyl (C=O) groups is 1. The van der Waals surface area contributed by atoms with Crippen LogP contribution in [0.4, 0.5) is 0 Å². The van der Waals surface area contributed by atoms with E-state index in [4.69, 9.17) is 5.73 Å². The van der Waals surface area contributed by atoms with Crippen LogP contribution >= 0.6 is 15.9 Å². The molecule has 0 radical (unpaired) electrons. The number of likely N-dealkylation sites (tertiary alicyclic amines) is 2. The van der Waals surface area contributed by atoms with Crippen LogP contribution in [0.1, 0.15) is 44.6 Å². The summed E-state index contributed by atoms with van der Waals surface area (Å²) < 4.78 is 0.997. The third-order valence-corrected chi connectivity index (χ3v) is 6.08. The van der Waals surface area contributed by atoms with Gasteiger partial charge < -0.3 is 15.5 Å². The fourth-order valence-electron chi connectivity index (χ4n) is 3.97. The molecule has 4 nitrogen and oxygen atoms in total. The number of rotatable bonds is 3. The second-order valence-corrected chi connectivity index (χ2v) is 8.24. The highest BCUT2D eigenvalue weighted by Crippen LogP contribution is 2.26. The molecule has 132 valence electrons. The molecule has 5 heteroatoms. The number of hydrogen-bond donors (Lipinski definition) is 1. The molecule has 0 aliphatic carbocycles. The summed E-state index contributed by atoms with van der Waals surface area (Å²) in [6.45, 7) is 5.93. The maximum absolute atomic E-state index is 13.0. The standard InChI is InChI=1S/C19H28BrN3O/c1-19(21,15-5-7-16(20)8-6-15)18(24)23-13-9-17(10-14-23)22-11-3-2-4-12-22/h5-8,17H,2-4,9-14,21H2,1H3. The first kappa shape index (κ1) is 17.9. The highest BCUT2D eigenvalue weighted by atomic mass is 79.9. The molecule has 24 heavy (non-hydrogen) atoms. The van der Waals surface area contributed by atoms with E-state index in [2.05, 4.69) is 20.8 Å². The zero-order chi connectivity index (χ0) is 17.2. The molecule has 0 saturated carbocycles. The third kappa shape index (κ3) is 3.84. The third-order valence-electron chi connectivity index (χ3n) is 5.55. The van der Waals surface area contributed by atoms with E-state index in [0.717, 1.165) is 36.0 Å². The molecule has 2 fully saturated rings.